The molecule has 0 saturated carbocycles. The molecule has 0 saturated heterocycles. The van der Waals surface area contributed by atoms with Gasteiger partial charge in [0.1, 0.15) is 5.82 Å². The van der Waals surface area contributed by atoms with E-state index in [2.05, 4.69) is 15.9 Å². The van der Waals surface area contributed by atoms with E-state index in [1.54, 1.807) is 32.9 Å². The second-order valence-corrected chi connectivity index (χ2v) is 5.31. The first-order valence-electron chi connectivity index (χ1n) is 4.92. The molecule has 0 spiro atoms. The Labute approximate surface area is 103 Å². The van der Waals surface area contributed by atoms with Gasteiger partial charge in [-0.05, 0) is 34.0 Å². The van der Waals surface area contributed by atoms with Crippen molar-refractivity contribution in [3.8, 4) is 0 Å². The molecular formula is C12H14BrFO2. The maximum absolute atomic E-state index is 13.7. The van der Waals surface area contributed by atoms with Gasteiger partial charge in [0.25, 0.3) is 0 Å². The summed E-state index contributed by atoms with van der Waals surface area (Å²) in [5.41, 5.74) is 0.624. The Bertz CT molecular complexity index is 427. The van der Waals surface area contributed by atoms with E-state index in [4.69, 9.17) is 5.11 Å². The van der Waals surface area contributed by atoms with Crippen molar-refractivity contribution in [1.29, 1.82) is 0 Å². The van der Waals surface area contributed by atoms with Crippen LogP contribution in [0.4, 0.5) is 4.39 Å². The molecule has 0 aliphatic carbocycles. The molecule has 0 unspecified atom stereocenters. The normalized spacial score (nSPS) is 11.6. The summed E-state index contributed by atoms with van der Waals surface area (Å²) < 4.78 is 14.0. The third-order valence-corrected chi connectivity index (χ3v) is 3.37. The molecule has 0 aliphatic heterocycles. The van der Waals surface area contributed by atoms with Crippen LogP contribution in [-0.2, 0) is 10.2 Å². The maximum Gasteiger partial charge on any atom is 0.304 e. The fourth-order valence-corrected chi connectivity index (χ4v) is 2.62. The van der Waals surface area contributed by atoms with Crippen molar-refractivity contribution in [1.82, 2.24) is 0 Å². The Morgan fingerprint density at radius 1 is 1.50 bits per heavy atom. The molecule has 2 nitrogen and oxygen atoms in total. The van der Waals surface area contributed by atoms with Crippen LogP contribution in [0, 0.1) is 12.7 Å². The van der Waals surface area contributed by atoms with Crippen molar-refractivity contribution in [3.63, 3.8) is 0 Å². The zero-order valence-electron chi connectivity index (χ0n) is 9.47. The lowest BCUT2D eigenvalue weighted by Crippen LogP contribution is -2.22. The van der Waals surface area contributed by atoms with E-state index in [1.165, 1.54) is 0 Å². The molecule has 0 heterocycles. The SMILES string of the molecule is Cc1ccc(C(C)(C)CC(=O)O)c(Br)c1F. The van der Waals surface area contributed by atoms with Crippen molar-refractivity contribution in [3.05, 3.63) is 33.5 Å². The highest BCUT2D eigenvalue weighted by Gasteiger charge is 2.27. The summed E-state index contributed by atoms with van der Waals surface area (Å²) >= 11 is 3.19. The second kappa shape index (κ2) is 4.53. The summed E-state index contributed by atoms with van der Waals surface area (Å²) in [5.74, 6) is -1.21. The van der Waals surface area contributed by atoms with Crippen LogP contribution in [-0.4, -0.2) is 11.1 Å². The minimum absolute atomic E-state index is 0.0336. The van der Waals surface area contributed by atoms with Gasteiger partial charge in [0.2, 0.25) is 0 Å². The van der Waals surface area contributed by atoms with E-state index in [0.29, 0.717) is 15.6 Å². The number of carboxylic acids is 1. The average molecular weight is 289 g/mol. The zero-order valence-corrected chi connectivity index (χ0v) is 11.1. The highest BCUT2D eigenvalue weighted by atomic mass is 79.9. The first-order chi connectivity index (χ1) is 7.25. The molecule has 16 heavy (non-hydrogen) atoms. The summed E-state index contributed by atoms with van der Waals surface area (Å²) in [6.45, 7) is 5.25. The molecular weight excluding hydrogens is 275 g/mol. The van der Waals surface area contributed by atoms with E-state index < -0.39 is 11.4 Å². The molecule has 1 aromatic carbocycles. The lowest BCUT2D eigenvalue weighted by Gasteiger charge is -2.25. The van der Waals surface area contributed by atoms with E-state index in [-0.39, 0.29) is 12.2 Å². The first-order valence-corrected chi connectivity index (χ1v) is 5.72. The predicted molar refractivity (Wildman–Crippen MR) is 64.1 cm³/mol. The zero-order chi connectivity index (χ0) is 12.5. The van der Waals surface area contributed by atoms with Crippen LogP contribution in [0.2, 0.25) is 0 Å². The minimum atomic E-state index is -0.891. The lowest BCUT2D eigenvalue weighted by atomic mass is 9.81. The molecule has 0 aromatic heterocycles. The van der Waals surface area contributed by atoms with Crippen LogP contribution >= 0.6 is 15.9 Å². The summed E-state index contributed by atoms with van der Waals surface area (Å²) in [5, 5.41) is 8.82. The smallest absolute Gasteiger partial charge is 0.304 e. The van der Waals surface area contributed by atoms with Crippen molar-refractivity contribution in [2.75, 3.05) is 0 Å². The standard InChI is InChI=1S/C12H14BrFO2/c1-7-4-5-8(10(13)11(7)14)12(2,3)6-9(15)16/h4-5H,6H2,1-3H3,(H,15,16). The Balaban J connectivity index is 3.23. The second-order valence-electron chi connectivity index (χ2n) is 4.51. The monoisotopic (exact) mass is 288 g/mol. The third kappa shape index (κ3) is 2.61. The van der Waals surface area contributed by atoms with Crippen LogP contribution in [0.5, 0.6) is 0 Å². The number of hydrogen-bond acceptors (Lipinski definition) is 1. The van der Waals surface area contributed by atoms with Gasteiger partial charge in [0.15, 0.2) is 0 Å². The quantitative estimate of drug-likeness (QED) is 0.922. The largest absolute Gasteiger partial charge is 0.481 e. The molecule has 0 aliphatic rings. The van der Waals surface area contributed by atoms with E-state index in [0.717, 1.165) is 0 Å². The predicted octanol–water partition coefficient (Wildman–Crippen LogP) is 3.65. The van der Waals surface area contributed by atoms with Crippen LogP contribution in [0.3, 0.4) is 0 Å². The van der Waals surface area contributed by atoms with E-state index in [1.807, 2.05) is 0 Å². The molecule has 0 bridgehead atoms. The maximum atomic E-state index is 13.7. The van der Waals surface area contributed by atoms with E-state index in [9.17, 15) is 9.18 Å². The van der Waals surface area contributed by atoms with Crippen LogP contribution in [0.25, 0.3) is 0 Å². The fraction of sp³-hybridized carbons (Fsp3) is 0.417. The summed E-state index contributed by atoms with van der Waals surface area (Å²) in [7, 11) is 0. The number of halogens is 2. The fourth-order valence-electron chi connectivity index (χ4n) is 1.64. The first kappa shape index (κ1) is 13.2. The highest BCUT2D eigenvalue weighted by molar-refractivity contribution is 9.10. The van der Waals surface area contributed by atoms with Crippen LogP contribution in [0.1, 0.15) is 31.4 Å². The minimum Gasteiger partial charge on any atom is -0.481 e. The van der Waals surface area contributed by atoms with Crippen LogP contribution < -0.4 is 0 Å². The number of benzene rings is 1. The number of hydrogen-bond donors (Lipinski definition) is 1. The van der Waals surface area contributed by atoms with Gasteiger partial charge in [0, 0.05) is 5.41 Å². The number of carbonyl (C=O) groups is 1. The number of aryl methyl sites for hydroxylation is 1. The molecule has 1 rings (SSSR count). The molecule has 1 aromatic rings. The van der Waals surface area contributed by atoms with Gasteiger partial charge in [-0.25, -0.2) is 4.39 Å². The highest BCUT2D eigenvalue weighted by Crippen LogP contribution is 2.35. The van der Waals surface area contributed by atoms with Gasteiger partial charge < -0.3 is 5.11 Å². The van der Waals surface area contributed by atoms with Gasteiger partial charge >= 0.3 is 5.97 Å². The summed E-state index contributed by atoms with van der Waals surface area (Å²) in [6, 6.07) is 3.43. The number of rotatable bonds is 3. The van der Waals surface area contributed by atoms with Crippen molar-refractivity contribution >= 4 is 21.9 Å². The Hall–Kier alpha value is -0.900. The third-order valence-electron chi connectivity index (χ3n) is 2.60. The van der Waals surface area contributed by atoms with Gasteiger partial charge in [-0.3, -0.25) is 4.79 Å². The Morgan fingerprint density at radius 2 is 2.06 bits per heavy atom. The number of carboxylic acid groups (broad SMARTS) is 1. The van der Waals surface area contributed by atoms with Gasteiger partial charge in [0.05, 0.1) is 10.9 Å². The molecule has 0 amide bonds. The molecule has 0 atom stereocenters. The van der Waals surface area contributed by atoms with Gasteiger partial charge in [-0.15, -0.1) is 0 Å². The van der Waals surface area contributed by atoms with Crippen molar-refractivity contribution in [2.45, 2.75) is 32.6 Å². The van der Waals surface area contributed by atoms with Gasteiger partial charge in [-0.2, -0.15) is 0 Å². The van der Waals surface area contributed by atoms with Crippen molar-refractivity contribution in [2.24, 2.45) is 0 Å². The number of aliphatic carboxylic acids is 1. The van der Waals surface area contributed by atoms with E-state index >= 15 is 0 Å². The Kier molecular flexibility index (Phi) is 3.73. The summed E-state index contributed by atoms with van der Waals surface area (Å²) in [6.07, 6.45) is -0.0336. The lowest BCUT2D eigenvalue weighted by molar-refractivity contribution is -0.138. The topological polar surface area (TPSA) is 37.3 Å². The van der Waals surface area contributed by atoms with Crippen molar-refractivity contribution < 1.29 is 14.3 Å². The molecule has 88 valence electrons. The Morgan fingerprint density at radius 3 is 2.56 bits per heavy atom. The van der Waals surface area contributed by atoms with Crippen LogP contribution in [0.15, 0.2) is 16.6 Å². The van der Waals surface area contributed by atoms with Gasteiger partial charge in [-0.1, -0.05) is 26.0 Å². The molecule has 0 fully saturated rings. The molecule has 1 N–H and O–H groups in total. The molecule has 0 radical (unpaired) electrons. The summed E-state index contributed by atoms with van der Waals surface area (Å²) in [4.78, 5) is 10.7. The average Bonchev–Trinajstić information content (AvgIpc) is 2.11. The molecule has 4 heteroatoms.